The van der Waals surface area contributed by atoms with E-state index in [9.17, 15) is 37.2 Å². The molecule has 1 saturated carbocycles. The Kier molecular flexibility index (Phi) is 6.75. The number of alkyl halides is 2. The summed E-state index contributed by atoms with van der Waals surface area (Å²) in [5, 5.41) is 14.3. The molecule has 5 atom stereocenters. The van der Waals surface area contributed by atoms with Crippen LogP contribution in [0.5, 0.6) is 0 Å². The molecule has 0 bridgehead atoms. The molecule has 3 N–H and O–H groups in total. The third-order valence-corrected chi connectivity index (χ3v) is 8.15. The highest BCUT2D eigenvalue weighted by molar-refractivity contribution is 6.35. The molecule has 5 rings (SSSR count). The summed E-state index contributed by atoms with van der Waals surface area (Å²) in [7, 11) is 0. The fourth-order valence-corrected chi connectivity index (χ4v) is 6.25. The van der Waals surface area contributed by atoms with Gasteiger partial charge in [-0.15, -0.1) is 0 Å². The van der Waals surface area contributed by atoms with Gasteiger partial charge in [0.05, 0.1) is 11.6 Å². The van der Waals surface area contributed by atoms with Crippen LogP contribution in [0.4, 0.5) is 17.6 Å². The Hall–Kier alpha value is -3.33. The van der Waals surface area contributed by atoms with Crippen LogP contribution < -0.4 is 10.6 Å². The maximum Gasteiger partial charge on any atom is 0.271 e. The zero-order valence-corrected chi connectivity index (χ0v) is 20.8. The van der Waals surface area contributed by atoms with Crippen molar-refractivity contribution in [3.05, 3.63) is 34.5 Å². The summed E-state index contributed by atoms with van der Waals surface area (Å²) < 4.78 is 56.8. The van der Waals surface area contributed by atoms with Crippen molar-refractivity contribution in [2.24, 2.45) is 17.8 Å². The Morgan fingerprint density at radius 3 is 2.74 bits per heavy atom. The first-order valence-electron chi connectivity index (χ1n) is 12.3. The predicted octanol–water partition coefficient (Wildman–Crippen LogP) is 3.51. The van der Waals surface area contributed by atoms with Crippen LogP contribution in [0.15, 0.2) is 12.1 Å². The lowest BCUT2D eigenvalue weighted by molar-refractivity contribution is -0.129. The van der Waals surface area contributed by atoms with Crippen molar-refractivity contribution in [1.29, 1.82) is 5.26 Å². The normalized spacial score (nSPS) is 27.1. The van der Waals surface area contributed by atoms with Gasteiger partial charge < -0.3 is 20.5 Å². The van der Waals surface area contributed by atoms with Crippen molar-refractivity contribution in [2.45, 2.75) is 50.1 Å². The van der Waals surface area contributed by atoms with Gasteiger partial charge in [0.15, 0.2) is 0 Å². The topological polar surface area (TPSA) is 118 Å². The summed E-state index contributed by atoms with van der Waals surface area (Å²) in [6.07, 6.45) is 0.203. The molecule has 0 unspecified atom stereocenters. The Morgan fingerprint density at radius 1 is 1.26 bits per heavy atom. The lowest BCUT2D eigenvalue weighted by Crippen LogP contribution is -2.52. The number of halogens is 5. The van der Waals surface area contributed by atoms with E-state index >= 15 is 0 Å². The quantitative estimate of drug-likeness (QED) is 0.388. The average molecular weight is 554 g/mol. The van der Waals surface area contributed by atoms with E-state index in [4.69, 9.17) is 11.6 Å². The van der Waals surface area contributed by atoms with Gasteiger partial charge in [-0.1, -0.05) is 11.6 Å². The molecule has 0 spiro atoms. The highest BCUT2D eigenvalue weighted by Gasteiger charge is 2.58. The molecule has 2 saturated heterocycles. The Morgan fingerprint density at radius 2 is 2.03 bits per heavy atom. The van der Waals surface area contributed by atoms with Crippen LogP contribution in [0.25, 0.3) is 10.9 Å². The summed E-state index contributed by atoms with van der Waals surface area (Å²) in [6.45, 7) is 0.379. The lowest BCUT2D eigenvalue weighted by Gasteiger charge is -2.29. The van der Waals surface area contributed by atoms with Gasteiger partial charge in [-0.05, 0) is 37.2 Å². The van der Waals surface area contributed by atoms with Crippen LogP contribution in [-0.4, -0.2) is 58.7 Å². The molecule has 3 amide bonds. The molecule has 38 heavy (non-hydrogen) atoms. The van der Waals surface area contributed by atoms with Crippen molar-refractivity contribution in [3.8, 4) is 6.07 Å². The molecule has 0 radical (unpaired) electrons. The van der Waals surface area contributed by atoms with Crippen molar-refractivity contribution in [3.63, 3.8) is 0 Å². The molecule has 3 fully saturated rings. The monoisotopic (exact) mass is 553 g/mol. The SMILES string of the molecule is N#C[C@@H](C[C@@H]1CCCNC1=O)NC(=O)[C@@H]1[C@H]2CC(F)(F)C[C@H]2CN1C(=O)c1cc2c(F)cc(F)c(Cl)c2[nH]1. The number of aromatic nitrogens is 1. The molecule has 1 aliphatic carbocycles. The molecule has 3 heterocycles. The Bertz CT molecular complexity index is 1360. The number of likely N-dealkylation sites (tertiary alicyclic amines) is 1. The second-order valence-electron chi connectivity index (χ2n) is 10.3. The molecule has 1 aromatic carbocycles. The van der Waals surface area contributed by atoms with Gasteiger partial charge in [-0.3, -0.25) is 14.4 Å². The average Bonchev–Trinajstić information content (AvgIpc) is 3.53. The Labute approximate surface area is 219 Å². The number of piperidine rings is 1. The predicted molar refractivity (Wildman–Crippen MR) is 127 cm³/mol. The van der Waals surface area contributed by atoms with Gasteiger partial charge in [0, 0.05) is 43.3 Å². The summed E-state index contributed by atoms with van der Waals surface area (Å²) in [6, 6.07) is 1.28. The number of amides is 3. The number of benzene rings is 1. The number of hydrogen-bond donors (Lipinski definition) is 3. The van der Waals surface area contributed by atoms with Crippen molar-refractivity contribution in [1.82, 2.24) is 20.5 Å². The van der Waals surface area contributed by atoms with E-state index in [-0.39, 0.29) is 35.5 Å². The van der Waals surface area contributed by atoms with E-state index in [0.717, 1.165) is 17.4 Å². The number of fused-ring (bicyclic) bond motifs is 2. The zero-order chi connectivity index (χ0) is 27.4. The first-order valence-corrected chi connectivity index (χ1v) is 12.7. The van der Waals surface area contributed by atoms with Crippen molar-refractivity contribution < 1.29 is 31.9 Å². The fraction of sp³-hybridized carbons (Fsp3) is 0.520. The van der Waals surface area contributed by atoms with E-state index in [1.165, 1.54) is 0 Å². The number of H-pyrrole nitrogens is 1. The minimum Gasteiger partial charge on any atom is -0.356 e. The molecule has 202 valence electrons. The first-order chi connectivity index (χ1) is 18.0. The first kappa shape index (κ1) is 26.3. The number of nitrogens with zero attached hydrogens (tertiary/aromatic N) is 2. The number of rotatable bonds is 5. The van der Waals surface area contributed by atoms with Crippen molar-refractivity contribution >= 4 is 40.2 Å². The molecule has 2 aromatic rings. The number of aromatic amines is 1. The molecule has 13 heteroatoms. The summed E-state index contributed by atoms with van der Waals surface area (Å²) in [5.41, 5.74) is -0.332. The zero-order valence-electron chi connectivity index (χ0n) is 20.0. The number of hydrogen-bond acceptors (Lipinski definition) is 4. The smallest absolute Gasteiger partial charge is 0.271 e. The number of carbonyl (C=O) groups excluding carboxylic acids is 3. The van der Waals surface area contributed by atoms with Crippen LogP contribution in [0.2, 0.25) is 5.02 Å². The minimum absolute atomic E-state index is 0.0460. The van der Waals surface area contributed by atoms with Gasteiger partial charge >= 0.3 is 0 Å². The minimum atomic E-state index is -3.01. The van der Waals surface area contributed by atoms with Crippen LogP contribution in [0, 0.1) is 40.7 Å². The Balaban J connectivity index is 1.41. The summed E-state index contributed by atoms with van der Waals surface area (Å²) in [5.74, 6) is -8.77. The number of nitrogens with one attached hydrogen (secondary N) is 3. The fourth-order valence-electron chi connectivity index (χ4n) is 6.05. The number of carbonyl (C=O) groups is 3. The van der Waals surface area contributed by atoms with Gasteiger partial charge in [0.2, 0.25) is 17.7 Å². The highest BCUT2D eigenvalue weighted by atomic mass is 35.5. The van der Waals surface area contributed by atoms with Gasteiger partial charge in [0.25, 0.3) is 5.91 Å². The van der Waals surface area contributed by atoms with Crippen LogP contribution in [-0.2, 0) is 9.59 Å². The van der Waals surface area contributed by atoms with Gasteiger partial charge in [0.1, 0.15) is 34.4 Å². The van der Waals surface area contributed by atoms with Crippen LogP contribution in [0.3, 0.4) is 0 Å². The van der Waals surface area contributed by atoms with E-state index in [0.29, 0.717) is 19.0 Å². The highest BCUT2D eigenvalue weighted by Crippen LogP contribution is 2.50. The number of nitriles is 1. The maximum absolute atomic E-state index is 14.3. The van der Waals surface area contributed by atoms with Gasteiger partial charge in [-0.25, -0.2) is 17.6 Å². The standard InChI is InChI=1S/C25H24ClF4N5O3/c26-19-17(28)6-16(27)14-5-18(34-20(14)19)24(38)35-10-12-7-25(29,30)8-15(12)21(35)23(37)33-13(9-31)4-11-2-1-3-32-22(11)36/h5-6,11-13,15,21,34H,1-4,7-8,10H2,(H,32,36)(H,33,37)/t11-,12-,13+,15-,21-/m0/s1. The molecular formula is C25H24ClF4N5O3. The van der Waals surface area contributed by atoms with E-state index in [1.54, 1.807) is 0 Å². The third-order valence-electron chi connectivity index (χ3n) is 7.78. The maximum atomic E-state index is 14.3. The summed E-state index contributed by atoms with van der Waals surface area (Å²) in [4.78, 5) is 42.8. The molecule has 1 aromatic heterocycles. The van der Waals surface area contributed by atoms with Crippen LogP contribution >= 0.6 is 11.6 Å². The van der Waals surface area contributed by atoms with Gasteiger partial charge in [-0.2, -0.15) is 5.26 Å². The second-order valence-corrected chi connectivity index (χ2v) is 10.7. The van der Waals surface area contributed by atoms with Crippen LogP contribution in [0.1, 0.15) is 42.6 Å². The lowest BCUT2D eigenvalue weighted by atomic mass is 9.90. The van der Waals surface area contributed by atoms with E-state index in [2.05, 4.69) is 15.6 Å². The largest absolute Gasteiger partial charge is 0.356 e. The molecule has 8 nitrogen and oxygen atoms in total. The van der Waals surface area contributed by atoms with E-state index in [1.807, 2.05) is 6.07 Å². The molecular weight excluding hydrogens is 530 g/mol. The van der Waals surface area contributed by atoms with E-state index < -0.39 is 77.1 Å². The van der Waals surface area contributed by atoms with Crippen molar-refractivity contribution in [2.75, 3.05) is 13.1 Å². The third kappa shape index (κ3) is 4.68. The molecule has 2 aliphatic heterocycles. The second kappa shape index (κ2) is 9.76. The summed E-state index contributed by atoms with van der Waals surface area (Å²) >= 11 is 5.92. The molecule has 3 aliphatic rings.